The lowest BCUT2D eigenvalue weighted by atomic mass is 9.81. The first-order valence-corrected chi connectivity index (χ1v) is 11.2. The molecule has 4 rings (SSSR count). The van der Waals surface area contributed by atoms with E-state index in [2.05, 4.69) is 22.5 Å². The number of benzene rings is 1. The molecule has 0 saturated heterocycles. The molecule has 1 aliphatic carbocycles. The highest BCUT2D eigenvalue weighted by Gasteiger charge is 2.24. The standard InChI is InChI=1S/C25H32N4O3/c1-5-29-16-19(20-14-26-28(2)15-20)12-22(25(29)30)27-21-9-6-17(7-10-21)18-8-11-23(31-3)24(13-18)32-4/h8,11-17,21,27H,5-7,9-10H2,1-4H3/t17-,21+. The van der Waals surface area contributed by atoms with Crippen LogP contribution in [0.2, 0.25) is 0 Å². The fraction of sp³-hybridized carbons (Fsp3) is 0.440. The van der Waals surface area contributed by atoms with Gasteiger partial charge in [0.25, 0.3) is 5.56 Å². The smallest absolute Gasteiger partial charge is 0.273 e. The number of hydrogen-bond acceptors (Lipinski definition) is 5. The van der Waals surface area contributed by atoms with Crippen molar-refractivity contribution in [3.8, 4) is 22.6 Å². The maximum Gasteiger partial charge on any atom is 0.273 e. The molecule has 3 aromatic rings. The second-order valence-electron chi connectivity index (χ2n) is 8.44. The number of nitrogens with one attached hydrogen (secondary N) is 1. The third-order valence-electron chi connectivity index (χ3n) is 6.43. The monoisotopic (exact) mass is 436 g/mol. The minimum atomic E-state index is 0.0298. The number of nitrogens with zero attached hydrogens (tertiary/aromatic N) is 3. The summed E-state index contributed by atoms with van der Waals surface area (Å²) in [5.41, 5.74) is 3.99. The lowest BCUT2D eigenvalue weighted by Crippen LogP contribution is -2.30. The highest BCUT2D eigenvalue weighted by molar-refractivity contribution is 5.65. The van der Waals surface area contributed by atoms with Crippen molar-refractivity contribution in [1.82, 2.24) is 14.3 Å². The third kappa shape index (κ3) is 4.52. The Hall–Kier alpha value is -3.22. The molecule has 1 N–H and O–H groups in total. The Balaban J connectivity index is 1.48. The minimum Gasteiger partial charge on any atom is -0.493 e. The second-order valence-corrected chi connectivity index (χ2v) is 8.44. The highest BCUT2D eigenvalue weighted by Crippen LogP contribution is 2.38. The summed E-state index contributed by atoms with van der Waals surface area (Å²) < 4.78 is 14.4. The molecule has 1 saturated carbocycles. The van der Waals surface area contributed by atoms with Gasteiger partial charge in [-0.15, -0.1) is 0 Å². The van der Waals surface area contributed by atoms with E-state index >= 15 is 0 Å². The molecule has 1 aromatic carbocycles. The molecule has 170 valence electrons. The fourth-order valence-electron chi connectivity index (χ4n) is 4.60. The first kappa shape index (κ1) is 22.0. The summed E-state index contributed by atoms with van der Waals surface area (Å²) in [6, 6.07) is 8.46. The van der Waals surface area contributed by atoms with Crippen LogP contribution in [-0.4, -0.2) is 34.6 Å². The van der Waals surface area contributed by atoms with Crippen LogP contribution in [0, 0.1) is 0 Å². The number of anilines is 1. The molecule has 7 nitrogen and oxygen atoms in total. The predicted octanol–water partition coefficient (Wildman–Crippen LogP) is 4.42. The number of aryl methyl sites for hydroxylation is 2. The van der Waals surface area contributed by atoms with E-state index in [0.29, 0.717) is 18.2 Å². The number of rotatable bonds is 7. The van der Waals surface area contributed by atoms with Crippen molar-refractivity contribution in [2.75, 3.05) is 19.5 Å². The average molecular weight is 437 g/mol. The van der Waals surface area contributed by atoms with Crippen LogP contribution in [0.4, 0.5) is 5.69 Å². The minimum absolute atomic E-state index is 0.0298. The van der Waals surface area contributed by atoms with Crippen LogP contribution >= 0.6 is 0 Å². The average Bonchev–Trinajstić information content (AvgIpc) is 3.26. The van der Waals surface area contributed by atoms with Crippen molar-refractivity contribution >= 4 is 5.69 Å². The quantitative estimate of drug-likeness (QED) is 0.594. The largest absolute Gasteiger partial charge is 0.493 e. The van der Waals surface area contributed by atoms with Gasteiger partial charge in [-0.05, 0) is 62.3 Å². The molecule has 0 spiro atoms. The lowest BCUT2D eigenvalue weighted by molar-refractivity contribution is 0.352. The van der Waals surface area contributed by atoms with E-state index in [0.717, 1.165) is 48.3 Å². The first-order chi connectivity index (χ1) is 15.5. The molecule has 2 heterocycles. The van der Waals surface area contributed by atoms with Crippen molar-refractivity contribution < 1.29 is 9.47 Å². The summed E-state index contributed by atoms with van der Waals surface area (Å²) in [6.45, 7) is 2.63. The summed E-state index contributed by atoms with van der Waals surface area (Å²) in [7, 11) is 5.23. The van der Waals surface area contributed by atoms with Crippen molar-refractivity contribution in [3.05, 3.63) is 58.8 Å². The van der Waals surface area contributed by atoms with Crippen LogP contribution in [0.25, 0.3) is 11.1 Å². The normalized spacial score (nSPS) is 18.4. The van der Waals surface area contributed by atoms with Crippen molar-refractivity contribution in [2.45, 2.75) is 51.1 Å². The van der Waals surface area contributed by atoms with E-state index in [9.17, 15) is 4.79 Å². The van der Waals surface area contributed by atoms with E-state index in [4.69, 9.17) is 9.47 Å². The predicted molar refractivity (Wildman–Crippen MR) is 127 cm³/mol. The van der Waals surface area contributed by atoms with E-state index in [1.54, 1.807) is 23.5 Å². The molecule has 0 bridgehead atoms. The lowest BCUT2D eigenvalue weighted by Gasteiger charge is -2.30. The third-order valence-corrected chi connectivity index (χ3v) is 6.43. The molecule has 1 fully saturated rings. The number of pyridine rings is 1. The van der Waals surface area contributed by atoms with Gasteiger partial charge in [-0.2, -0.15) is 5.10 Å². The van der Waals surface area contributed by atoms with Gasteiger partial charge < -0.3 is 19.4 Å². The summed E-state index contributed by atoms with van der Waals surface area (Å²) in [4.78, 5) is 12.9. The summed E-state index contributed by atoms with van der Waals surface area (Å²) >= 11 is 0. The van der Waals surface area contributed by atoms with Crippen LogP contribution in [-0.2, 0) is 13.6 Å². The first-order valence-electron chi connectivity index (χ1n) is 11.2. The van der Waals surface area contributed by atoms with Gasteiger partial charge in [-0.1, -0.05) is 6.07 Å². The van der Waals surface area contributed by atoms with Crippen molar-refractivity contribution in [1.29, 1.82) is 0 Å². The molecule has 1 aliphatic rings. The molecule has 0 aliphatic heterocycles. The Morgan fingerprint density at radius 3 is 2.41 bits per heavy atom. The van der Waals surface area contributed by atoms with Gasteiger partial charge in [0, 0.05) is 43.2 Å². The molecule has 0 amide bonds. The highest BCUT2D eigenvalue weighted by atomic mass is 16.5. The molecule has 7 heteroatoms. The molecule has 0 radical (unpaired) electrons. The molecule has 0 atom stereocenters. The van der Waals surface area contributed by atoms with Gasteiger partial charge in [0.05, 0.1) is 20.4 Å². The molecule has 0 unspecified atom stereocenters. The maximum atomic E-state index is 12.9. The van der Waals surface area contributed by atoms with Crippen molar-refractivity contribution in [2.24, 2.45) is 7.05 Å². The van der Waals surface area contributed by atoms with Crippen molar-refractivity contribution in [3.63, 3.8) is 0 Å². The van der Waals surface area contributed by atoms with Crippen LogP contribution in [0.3, 0.4) is 0 Å². The topological polar surface area (TPSA) is 70.3 Å². The van der Waals surface area contributed by atoms with E-state index in [1.165, 1.54) is 5.56 Å². The number of ether oxygens (including phenoxy) is 2. The number of hydrogen-bond donors (Lipinski definition) is 1. The Morgan fingerprint density at radius 1 is 1.03 bits per heavy atom. The Labute approximate surface area is 189 Å². The van der Waals surface area contributed by atoms with Crippen LogP contribution in [0.15, 0.2) is 47.7 Å². The zero-order valence-electron chi connectivity index (χ0n) is 19.3. The van der Waals surface area contributed by atoms with Gasteiger partial charge in [-0.3, -0.25) is 9.48 Å². The SMILES string of the molecule is CCn1cc(-c2cnn(C)c2)cc(N[C@H]2CC[C@@H](c3ccc(OC)c(OC)c3)CC2)c1=O. The van der Waals surface area contributed by atoms with Crippen LogP contribution < -0.4 is 20.3 Å². The fourth-order valence-corrected chi connectivity index (χ4v) is 4.60. The van der Waals surface area contributed by atoms with E-state index in [1.807, 2.05) is 44.7 Å². The Morgan fingerprint density at radius 2 is 1.78 bits per heavy atom. The zero-order valence-corrected chi connectivity index (χ0v) is 19.3. The Kier molecular flexibility index (Phi) is 6.53. The molecule has 32 heavy (non-hydrogen) atoms. The molecular formula is C25H32N4O3. The summed E-state index contributed by atoms with van der Waals surface area (Å²) in [5, 5.41) is 7.82. The zero-order chi connectivity index (χ0) is 22.7. The molecule has 2 aromatic heterocycles. The number of aromatic nitrogens is 3. The van der Waals surface area contributed by atoms with E-state index in [-0.39, 0.29) is 11.6 Å². The maximum absolute atomic E-state index is 12.9. The molecular weight excluding hydrogens is 404 g/mol. The number of methoxy groups -OCH3 is 2. The van der Waals surface area contributed by atoms with Gasteiger partial charge >= 0.3 is 0 Å². The van der Waals surface area contributed by atoms with Crippen LogP contribution in [0.5, 0.6) is 11.5 Å². The van der Waals surface area contributed by atoms with Gasteiger partial charge in [0.1, 0.15) is 5.69 Å². The van der Waals surface area contributed by atoms with Gasteiger partial charge in [-0.25, -0.2) is 0 Å². The van der Waals surface area contributed by atoms with Crippen LogP contribution in [0.1, 0.15) is 44.1 Å². The summed E-state index contributed by atoms with van der Waals surface area (Å²) in [5.74, 6) is 2.02. The van der Waals surface area contributed by atoms with E-state index < -0.39 is 0 Å². The second kappa shape index (κ2) is 9.51. The van der Waals surface area contributed by atoms with Gasteiger partial charge in [0.15, 0.2) is 11.5 Å². The Bertz CT molecular complexity index is 1130. The summed E-state index contributed by atoms with van der Waals surface area (Å²) in [6.07, 6.45) is 9.88. The van der Waals surface area contributed by atoms with Gasteiger partial charge in [0.2, 0.25) is 0 Å².